The van der Waals surface area contributed by atoms with Crippen LogP contribution in [0.2, 0.25) is 0 Å². The van der Waals surface area contributed by atoms with Gasteiger partial charge in [0.2, 0.25) is 0 Å². The van der Waals surface area contributed by atoms with E-state index in [4.69, 9.17) is 0 Å². The van der Waals surface area contributed by atoms with E-state index in [-0.39, 0.29) is 5.56 Å². The van der Waals surface area contributed by atoms with E-state index in [0.29, 0.717) is 27.2 Å². The highest BCUT2D eigenvalue weighted by molar-refractivity contribution is 6.12. The summed E-state index contributed by atoms with van der Waals surface area (Å²) < 4.78 is 45.3. The normalized spacial score (nSPS) is 11.6. The summed E-state index contributed by atoms with van der Waals surface area (Å²) in [5, 5.41) is 2.62. The number of halogens is 3. The van der Waals surface area contributed by atoms with E-state index < -0.39 is 17.5 Å². The molecule has 4 aromatic carbocycles. The van der Waals surface area contributed by atoms with Crippen LogP contribution in [0, 0.1) is 31.3 Å². The Labute approximate surface area is 199 Å². The van der Waals surface area contributed by atoms with Gasteiger partial charge in [-0.15, -0.1) is 0 Å². The van der Waals surface area contributed by atoms with Gasteiger partial charge in [0.1, 0.15) is 17.5 Å². The maximum atomic E-state index is 15.8. The average molecular weight is 464 g/mol. The van der Waals surface area contributed by atoms with Crippen molar-refractivity contribution >= 4 is 32.4 Å². The quantitative estimate of drug-likeness (QED) is 0.241. The Morgan fingerprint density at radius 2 is 1.26 bits per heavy atom. The van der Waals surface area contributed by atoms with Gasteiger partial charge in [-0.3, -0.25) is 9.97 Å². The molecular formula is C30H19F3N2. The van der Waals surface area contributed by atoms with Crippen molar-refractivity contribution in [2.45, 2.75) is 13.8 Å². The van der Waals surface area contributed by atoms with Gasteiger partial charge in [-0.25, -0.2) is 13.2 Å². The molecule has 2 aromatic heterocycles. The third-order valence-corrected chi connectivity index (χ3v) is 6.43. The smallest absolute Gasteiger partial charge is 0.141 e. The number of hydrogen-bond acceptors (Lipinski definition) is 2. The SMILES string of the molecule is Cc1cc(C)cc(-c2nccc3c2ccc2c(F)c(-c4ccc5c(F)ccnc5c4)c(F)cc23)c1. The van der Waals surface area contributed by atoms with E-state index in [1.807, 2.05) is 19.9 Å². The van der Waals surface area contributed by atoms with Crippen molar-refractivity contribution < 1.29 is 13.2 Å². The summed E-state index contributed by atoms with van der Waals surface area (Å²) in [5.41, 5.74) is 4.44. The van der Waals surface area contributed by atoms with E-state index in [1.165, 1.54) is 36.5 Å². The molecule has 2 nitrogen and oxygen atoms in total. The number of hydrogen-bond donors (Lipinski definition) is 0. The van der Waals surface area contributed by atoms with Crippen LogP contribution in [-0.4, -0.2) is 9.97 Å². The lowest BCUT2D eigenvalue weighted by atomic mass is 9.94. The molecule has 0 amide bonds. The van der Waals surface area contributed by atoms with Gasteiger partial charge in [0, 0.05) is 34.1 Å². The summed E-state index contributed by atoms with van der Waals surface area (Å²) in [6, 6.07) is 18.6. The Morgan fingerprint density at radius 1 is 0.543 bits per heavy atom. The second kappa shape index (κ2) is 7.91. The topological polar surface area (TPSA) is 25.8 Å². The van der Waals surface area contributed by atoms with Crippen molar-refractivity contribution in [1.29, 1.82) is 0 Å². The summed E-state index contributed by atoms with van der Waals surface area (Å²) in [6.45, 7) is 4.06. The maximum absolute atomic E-state index is 15.8. The molecular weight excluding hydrogens is 445 g/mol. The molecule has 6 rings (SSSR count). The predicted octanol–water partition coefficient (Wildman–Crippen LogP) is 8.30. The highest BCUT2D eigenvalue weighted by Gasteiger charge is 2.19. The van der Waals surface area contributed by atoms with E-state index >= 15 is 8.78 Å². The first-order chi connectivity index (χ1) is 16.9. The Hall–Kier alpha value is -4.25. The lowest BCUT2D eigenvalue weighted by molar-refractivity contribution is 0.598. The van der Waals surface area contributed by atoms with Gasteiger partial charge in [0.05, 0.1) is 16.8 Å². The molecule has 0 radical (unpaired) electrons. The van der Waals surface area contributed by atoms with Gasteiger partial charge >= 0.3 is 0 Å². The minimum absolute atomic E-state index is 0.159. The number of aryl methyl sites for hydroxylation is 2. The van der Waals surface area contributed by atoms with Crippen LogP contribution in [0.15, 0.2) is 79.1 Å². The Balaban J connectivity index is 1.59. The third-order valence-electron chi connectivity index (χ3n) is 6.43. The molecule has 0 bridgehead atoms. The van der Waals surface area contributed by atoms with Crippen molar-refractivity contribution in [3.05, 3.63) is 108 Å². The minimum Gasteiger partial charge on any atom is -0.256 e. The zero-order chi connectivity index (χ0) is 24.3. The molecule has 5 heteroatoms. The molecule has 0 aliphatic heterocycles. The molecule has 6 aromatic rings. The third kappa shape index (κ3) is 3.43. The Bertz CT molecular complexity index is 1790. The molecule has 0 unspecified atom stereocenters. The van der Waals surface area contributed by atoms with Crippen LogP contribution in [0.4, 0.5) is 13.2 Å². The number of aromatic nitrogens is 2. The predicted molar refractivity (Wildman–Crippen MR) is 135 cm³/mol. The molecule has 2 heterocycles. The van der Waals surface area contributed by atoms with Gasteiger partial charge in [0.15, 0.2) is 0 Å². The van der Waals surface area contributed by atoms with E-state index in [2.05, 4.69) is 28.2 Å². The van der Waals surface area contributed by atoms with Crippen molar-refractivity contribution in [1.82, 2.24) is 9.97 Å². The van der Waals surface area contributed by atoms with E-state index in [0.717, 1.165) is 33.2 Å². The molecule has 0 saturated carbocycles. The summed E-state index contributed by atoms with van der Waals surface area (Å²) in [7, 11) is 0. The lowest BCUT2D eigenvalue weighted by Gasteiger charge is -2.13. The first kappa shape index (κ1) is 21.3. The van der Waals surface area contributed by atoms with Gasteiger partial charge in [0.25, 0.3) is 0 Å². The highest BCUT2D eigenvalue weighted by atomic mass is 19.1. The second-order valence-electron chi connectivity index (χ2n) is 8.86. The van der Waals surface area contributed by atoms with Crippen molar-refractivity contribution in [2.24, 2.45) is 0 Å². The average Bonchev–Trinajstić information content (AvgIpc) is 2.83. The zero-order valence-electron chi connectivity index (χ0n) is 19.0. The van der Waals surface area contributed by atoms with Crippen LogP contribution in [0.25, 0.3) is 54.8 Å². The monoisotopic (exact) mass is 464 g/mol. The number of nitrogens with zero attached hydrogens (tertiary/aromatic N) is 2. The van der Waals surface area contributed by atoms with Crippen LogP contribution >= 0.6 is 0 Å². The zero-order valence-corrected chi connectivity index (χ0v) is 19.0. The number of benzene rings is 4. The summed E-state index contributed by atoms with van der Waals surface area (Å²) in [5.74, 6) is -1.79. The fraction of sp³-hybridized carbons (Fsp3) is 0.0667. The second-order valence-corrected chi connectivity index (χ2v) is 8.86. The molecule has 35 heavy (non-hydrogen) atoms. The minimum atomic E-state index is -0.692. The Morgan fingerprint density at radius 3 is 2.06 bits per heavy atom. The first-order valence-corrected chi connectivity index (χ1v) is 11.2. The summed E-state index contributed by atoms with van der Waals surface area (Å²) >= 11 is 0. The molecule has 170 valence electrons. The van der Waals surface area contributed by atoms with Gasteiger partial charge in [-0.1, -0.05) is 35.4 Å². The molecule has 0 saturated heterocycles. The van der Waals surface area contributed by atoms with Crippen LogP contribution in [0.5, 0.6) is 0 Å². The van der Waals surface area contributed by atoms with Crippen LogP contribution in [0.3, 0.4) is 0 Å². The fourth-order valence-electron chi connectivity index (χ4n) is 4.94. The molecule has 0 spiro atoms. The van der Waals surface area contributed by atoms with Crippen LogP contribution in [-0.2, 0) is 0 Å². The molecule has 0 atom stereocenters. The molecule has 0 fully saturated rings. The molecule has 0 aliphatic rings. The number of rotatable bonds is 2. The van der Waals surface area contributed by atoms with E-state index in [1.54, 1.807) is 18.3 Å². The highest BCUT2D eigenvalue weighted by Crippen LogP contribution is 2.38. The largest absolute Gasteiger partial charge is 0.256 e. The molecule has 0 N–H and O–H groups in total. The van der Waals surface area contributed by atoms with Gasteiger partial charge in [-0.2, -0.15) is 0 Å². The van der Waals surface area contributed by atoms with Crippen molar-refractivity contribution in [3.63, 3.8) is 0 Å². The maximum Gasteiger partial charge on any atom is 0.141 e. The number of fused-ring (bicyclic) bond motifs is 4. The fourth-order valence-corrected chi connectivity index (χ4v) is 4.94. The summed E-state index contributed by atoms with van der Waals surface area (Å²) in [6.07, 6.45) is 3.00. The van der Waals surface area contributed by atoms with Crippen LogP contribution < -0.4 is 0 Å². The number of pyridine rings is 2. The van der Waals surface area contributed by atoms with Crippen molar-refractivity contribution in [3.8, 4) is 22.4 Å². The standard InChI is InChI=1S/C30H19F3N2/c1-16-11-17(2)13-19(12-16)30-22-6-5-21-24(20(22)7-9-35-30)15-26(32)28(29(21)33)18-3-4-23-25(31)8-10-34-27(23)14-18/h3-15H,1-2H3. The van der Waals surface area contributed by atoms with E-state index in [9.17, 15) is 4.39 Å². The lowest BCUT2D eigenvalue weighted by Crippen LogP contribution is -1.95. The van der Waals surface area contributed by atoms with Crippen LogP contribution in [0.1, 0.15) is 11.1 Å². The van der Waals surface area contributed by atoms with Gasteiger partial charge < -0.3 is 0 Å². The molecule has 0 aliphatic carbocycles. The van der Waals surface area contributed by atoms with Gasteiger partial charge in [-0.05, 0) is 72.6 Å². The first-order valence-electron chi connectivity index (χ1n) is 11.2. The van der Waals surface area contributed by atoms with Crippen molar-refractivity contribution in [2.75, 3.05) is 0 Å². The Kier molecular flexibility index (Phi) is 4.81. The summed E-state index contributed by atoms with van der Waals surface area (Å²) in [4.78, 5) is 8.74.